The smallest absolute Gasteiger partial charge is 0.340 e. The second-order valence-electron chi connectivity index (χ2n) is 7.15. The third-order valence-corrected chi connectivity index (χ3v) is 6.22. The van der Waals surface area contributed by atoms with E-state index in [1.54, 1.807) is 6.92 Å². The van der Waals surface area contributed by atoms with Gasteiger partial charge in [-0.1, -0.05) is 25.3 Å². The van der Waals surface area contributed by atoms with E-state index in [4.69, 9.17) is 4.74 Å². The van der Waals surface area contributed by atoms with E-state index in [-0.39, 0.29) is 17.9 Å². The van der Waals surface area contributed by atoms with Crippen LogP contribution < -0.4 is 0 Å². The van der Waals surface area contributed by atoms with E-state index in [0.29, 0.717) is 18.7 Å². The molecule has 6 heteroatoms. The standard InChI is InChI=1S/C21H28N2O3S/c1-4-26-21(25)19-14(2)17(22-15(19)3)13-23(16-9-6-5-7-10-16)20(24)18-11-8-12-27-18/h8,11-12,16,22H,4-7,9-10,13H2,1-3H3. The van der Waals surface area contributed by atoms with Gasteiger partial charge in [0.15, 0.2) is 0 Å². The van der Waals surface area contributed by atoms with Gasteiger partial charge in [0.1, 0.15) is 0 Å². The maximum absolute atomic E-state index is 13.2. The van der Waals surface area contributed by atoms with Crippen molar-refractivity contribution in [2.45, 2.75) is 65.5 Å². The molecule has 0 unspecified atom stereocenters. The van der Waals surface area contributed by atoms with Gasteiger partial charge in [-0.15, -0.1) is 11.3 Å². The monoisotopic (exact) mass is 388 g/mol. The van der Waals surface area contributed by atoms with Crippen LogP contribution in [0.15, 0.2) is 17.5 Å². The van der Waals surface area contributed by atoms with Crippen LogP contribution in [0.4, 0.5) is 0 Å². The fourth-order valence-corrected chi connectivity index (χ4v) is 4.63. The summed E-state index contributed by atoms with van der Waals surface area (Å²) >= 11 is 1.48. The van der Waals surface area contributed by atoms with Gasteiger partial charge < -0.3 is 14.6 Å². The van der Waals surface area contributed by atoms with Crippen LogP contribution in [-0.2, 0) is 11.3 Å². The number of amides is 1. The van der Waals surface area contributed by atoms with Crippen molar-refractivity contribution in [2.24, 2.45) is 0 Å². The van der Waals surface area contributed by atoms with Gasteiger partial charge in [0.2, 0.25) is 0 Å². The number of aromatic nitrogens is 1. The first-order chi connectivity index (χ1) is 13.0. The van der Waals surface area contributed by atoms with Crippen molar-refractivity contribution in [3.05, 3.63) is 44.9 Å². The van der Waals surface area contributed by atoms with Gasteiger partial charge in [-0.2, -0.15) is 0 Å². The van der Waals surface area contributed by atoms with Crippen LogP contribution in [0.2, 0.25) is 0 Å². The Morgan fingerprint density at radius 3 is 2.63 bits per heavy atom. The number of hydrogen-bond acceptors (Lipinski definition) is 4. The minimum Gasteiger partial charge on any atom is -0.462 e. The summed E-state index contributed by atoms with van der Waals surface area (Å²) in [5.74, 6) is -0.218. The Morgan fingerprint density at radius 1 is 1.26 bits per heavy atom. The van der Waals surface area contributed by atoms with Crippen molar-refractivity contribution < 1.29 is 14.3 Å². The van der Waals surface area contributed by atoms with E-state index < -0.39 is 0 Å². The second kappa shape index (κ2) is 8.74. The molecule has 0 saturated heterocycles. The van der Waals surface area contributed by atoms with Gasteiger partial charge in [0.05, 0.1) is 23.6 Å². The molecule has 1 saturated carbocycles. The first-order valence-electron chi connectivity index (χ1n) is 9.72. The van der Waals surface area contributed by atoms with Gasteiger partial charge in [0, 0.05) is 17.4 Å². The molecule has 1 N–H and O–H groups in total. The molecule has 0 aliphatic heterocycles. The van der Waals surface area contributed by atoms with Crippen molar-refractivity contribution in [3.63, 3.8) is 0 Å². The molecule has 146 valence electrons. The molecule has 0 bridgehead atoms. The first-order valence-corrected chi connectivity index (χ1v) is 10.6. The molecule has 2 aromatic heterocycles. The Kier molecular flexibility index (Phi) is 6.37. The molecule has 0 aromatic carbocycles. The molecule has 0 atom stereocenters. The fourth-order valence-electron chi connectivity index (χ4n) is 3.95. The Labute approximate surface area is 164 Å². The molecule has 1 aliphatic rings. The van der Waals surface area contributed by atoms with E-state index in [1.165, 1.54) is 17.8 Å². The van der Waals surface area contributed by atoms with Gasteiger partial charge >= 0.3 is 5.97 Å². The van der Waals surface area contributed by atoms with Gasteiger partial charge in [-0.3, -0.25) is 4.79 Å². The van der Waals surface area contributed by atoms with Crippen molar-refractivity contribution >= 4 is 23.2 Å². The van der Waals surface area contributed by atoms with Gasteiger partial charge in [-0.05, 0) is 50.6 Å². The lowest BCUT2D eigenvalue weighted by Gasteiger charge is -2.34. The zero-order valence-electron chi connectivity index (χ0n) is 16.3. The van der Waals surface area contributed by atoms with Crippen LogP contribution >= 0.6 is 11.3 Å². The number of ether oxygens (including phenoxy) is 1. The summed E-state index contributed by atoms with van der Waals surface area (Å²) in [6, 6.07) is 4.06. The minimum absolute atomic E-state index is 0.0845. The molecule has 1 aliphatic carbocycles. The number of nitrogens with one attached hydrogen (secondary N) is 1. The molecule has 1 amide bonds. The highest BCUT2D eigenvalue weighted by molar-refractivity contribution is 7.12. The average molecular weight is 389 g/mol. The summed E-state index contributed by atoms with van der Waals surface area (Å²) in [6.45, 7) is 6.46. The normalized spacial score (nSPS) is 14.9. The van der Waals surface area contributed by atoms with Crippen LogP contribution in [0, 0.1) is 13.8 Å². The van der Waals surface area contributed by atoms with Crippen LogP contribution in [0.3, 0.4) is 0 Å². The van der Waals surface area contributed by atoms with Crippen molar-refractivity contribution in [3.8, 4) is 0 Å². The predicted molar refractivity (Wildman–Crippen MR) is 107 cm³/mol. The van der Waals surface area contributed by atoms with Gasteiger partial charge in [0.25, 0.3) is 5.91 Å². The zero-order valence-corrected chi connectivity index (χ0v) is 17.2. The van der Waals surface area contributed by atoms with E-state index in [0.717, 1.165) is 47.5 Å². The average Bonchev–Trinajstić information content (AvgIpc) is 3.28. The minimum atomic E-state index is -0.302. The Morgan fingerprint density at radius 2 is 2.00 bits per heavy atom. The Hall–Kier alpha value is -2.08. The Bertz CT molecular complexity index is 789. The van der Waals surface area contributed by atoms with E-state index in [9.17, 15) is 9.59 Å². The molecule has 5 nitrogen and oxygen atoms in total. The number of aromatic amines is 1. The highest BCUT2D eigenvalue weighted by atomic mass is 32.1. The number of nitrogens with zero attached hydrogens (tertiary/aromatic N) is 1. The number of H-pyrrole nitrogens is 1. The second-order valence-corrected chi connectivity index (χ2v) is 8.10. The quantitative estimate of drug-likeness (QED) is 0.720. The van der Waals surface area contributed by atoms with E-state index in [1.807, 2.05) is 36.3 Å². The lowest BCUT2D eigenvalue weighted by atomic mass is 9.93. The number of esters is 1. The zero-order chi connectivity index (χ0) is 19.4. The van der Waals surface area contributed by atoms with Crippen LogP contribution in [0.25, 0.3) is 0 Å². The molecule has 1 fully saturated rings. The van der Waals surface area contributed by atoms with Gasteiger partial charge in [-0.25, -0.2) is 4.79 Å². The number of aryl methyl sites for hydroxylation is 1. The van der Waals surface area contributed by atoms with E-state index >= 15 is 0 Å². The topological polar surface area (TPSA) is 62.4 Å². The summed E-state index contributed by atoms with van der Waals surface area (Å²) < 4.78 is 5.19. The summed E-state index contributed by atoms with van der Waals surface area (Å²) in [5, 5.41) is 1.94. The fraction of sp³-hybridized carbons (Fsp3) is 0.524. The molecule has 2 heterocycles. The van der Waals surface area contributed by atoms with Crippen molar-refractivity contribution in [2.75, 3.05) is 6.61 Å². The lowest BCUT2D eigenvalue weighted by Crippen LogP contribution is -2.41. The van der Waals surface area contributed by atoms with Crippen LogP contribution in [0.1, 0.15) is 76.0 Å². The maximum Gasteiger partial charge on any atom is 0.340 e. The number of rotatable bonds is 6. The molecular weight excluding hydrogens is 360 g/mol. The third-order valence-electron chi connectivity index (χ3n) is 5.36. The maximum atomic E-state index is 13.2. The Balaban J connectivity index is 1.89. The number of hydrogen-bond donors (Lipinski definition) is 1. The highest BCUT2D eigenvalue weighted by Gasteiger charge is 2.29. The number of carbonyl (C=O) groups excluding carboxylic acids is 2. The highest BCUT2D eigenvalue weighted by Crippen LogP contribution is 2.28. The summed E-state index contributed by atoms with van der Waals surface area (Å²) in [5.41, 5.74) is 3.20. The SMILES string of the molecule is CCOC(=O)c1c(C)[nH]c(CN(C(=O)c2cccs2)C2CCCCC2)c1C. The summed E-state index contributed by atoms with van der Waals surface area (Å²) in [4.78, 5) is 31.6. The van der Waals surface area contributed by atoms with Crippen LogP contribution in [0.5, 0.6) is 0 Å². The largest absolute Gasteiger partial charge is 0.462 e. The molecule has 3 rings (SSSR count). The van der Waals surface area contributed by atoms with Crippen molar-refractivity contribution in [1.82, 2.24) is 9.88 Å². The lowest BCUT2D eigenvalue weighted by molar-refractivity contribution is 0.0524. The summed E-state index contributed by atoms with van der Waals surface area (Å²) in [7, 11) is 0. The van der Waals surface area contributed by atoms with E-state index in [2.05, 4.69) is 4.98 Å². The molecule has 2 aromatic rings. The third kappa shape index (κ3) is 4.26. The van der Waals surface area contributed by atoms with Crippen molar-refractivity contribution in [1.29, 1.82) is 0 Å². The number of carbonyl (C=O) groups is 2. The molecule has 27 heavy (non-hydrogen) atoms. The van der Waals surface area contributed by atoms with Crippen LogP contribution in [-0.4, -0.2) is 34.4 Å². The molecule has 0 spiro atoms. The number of thiophene rings is 1. The molecule has 0 radical (unpaired) electrons. The first kappa shape index (κ1) is 19.7. The summed E-state index contributed by atoms with van der Waals surface area (Å²) in [6.07, 6.45) is 5.65. The molecular formula is C21H28N2O3S. The predicted octanol–water partition coefficient (Wildman–Crippen LogP) is 4.84.